The van der Waals surface area contributed by atoms with Crippen molar-refractivity contribution in [2.45, 2.75) is 0 Å². The van der Waals surface area contributed by atoms with Gasteiger partial charge >= 0.3 is 0 Å². The molecule has 0 radical (unpaired) electrons. The second kappa shape index (κ2) is 3.73. The van der Waals surface area contributed by atoms with Gasteiger partial charge in [0.2, 0.25) is 0 Å². The van der Waals surface area contributed by atoms with Crippen LogP contribution < -0.4 is 11.1 Å². The summed E-state index contributed by atoms with van der Waals surface area (Å²) in [6.07, 6.45) is 8.78. The largest absolute Gasteiger partial charge is 0.361 e. The van der Waals surface area contributed by atoms with Gasteiger partial charge in [-0.25, -0.2) is 0 Å². The van der Waals surface area contributed by atoms with E-state index in [1.165, 1.54) is 6.21 Å². The average Bonchev–Trinajstić information content (AvgIpc) is 2.09. The van der Waals surface area contributed by atoms with Crippen molar-refractivity contribution in [1.29, 1.82) is 5.41 Å². The van der Waals surface area contributed by atoms with E-state index in [1.54, 1.807) is 0 Å². The maximum absolute atomic E-state index is 7.04. The van der Waals surface area contributed by atoms with Gasteiger partial charge in [0.05, 0.1) is 0 Å². The van der Waals surface area contributed by atoms with E-state index >= 15 is 0 Å². The second-order valence-corrected chi connectivity index (χ2v) is 2.15. The number of dihydropyridines is 1. The summed E-state index contributed by atoms with van der Waals surface area (Å²) in [5.74, 6) is 0. The predicted octanol–water partition coefficient (Wildman–Crippen LogP) is 0.522. The van der Waals surface area contributed by atoms with Gasteiger partial charge in [0.1, 0.15) is 0 Å². The molecule has 1 aliphatic heterocycles. The minimum atomic E-state index is 0.393. The van der Waals surface area contributed by atoms with Crippen LogP contribution in [-0.2, 0) is 0 Å². The maximum Gasteiger partial charge on any atom is 0.0440 e. The van der Waals surface area contributed by atoms with Gasteiger partial charge in [-0.1, -0.05) is 6.08 Å². The Labute approximate surface area is 65.8 Å². The summed E-state index contributed by atoms with van der Waals surface area (Å²) in [6, 6.07) is 0. The molecule has 11 heavy (non-hydrogen) atoms. The molecule has 0 aliphatic carbocycles. The van der Waals surface area contributed by atoms with Gasteiger partial charge in [-0.05, 0) is 12.2 Å². The van der Waals surface area contributed by atoms with Crippen molar-refractivity contribution < 1.29 is 0 Å². The first kappa shape index (κ1) is 7.75. The van der Waals surface area contributed by atoms with Gasteiger partial charge in [-0.3, -0.25) is 0 Å². The number of hydrogen-bond donors (Lipinski definition) is 3. The highest BCUT2D eigenvalue weighted by molar-refractivity contribution is 5.78. The van der Waals surface area contributed by atoms with E-state index in [0.717, 1.165) is 11.3 Å². The summed E-state index contributed by atoms with van der Waals surface area (Å²) in [7, 11) is 0. The molecular weight excluding hydrogens is 138 g/mol. The van der Waals surface area contributed by atoms with E-state index in [4.69, 9.17) is 11.1 Å². The molecule has 58 valence electrons. The van der Waals surface area contributed by atoms with E-state index in [1.807, 2.05) is 24.4 Å². The third kappa shape index (κ3) is 1.78. The van der Waals surface area contributed by atoms with Crippen molar-refractivity contribution in [3.63, 3.8) is 0 Å². The van der Waals surface area contributed by atoms with Crippen LogP contribution in [0.4, 0.5) is 0 Å². The molecule has 4 N–H and O–H groups in total. The highest BCUT2D eigenvalue weighted by Gasteiger charge is 1.98. The lowest BCUT2D eigenvalue weighted by atomic mass is 10.2. The Hall–Kier alpha value is -1.35. The molecule has 0 fully saturated rings. The van der Waals surface area contributed by atoms with E-state index < -0.39 is 0 Å². The number of allylic oxidation sites excluding steroid dienone is 3. The number of nitrogens with one attached hydrogen (secondary N) is 2. The third-order valence-corrected chi connectivity index (χ3v) is 1.45. The average molecular weight is 149 g/mol. The zero-order chi connectivity index (χ0) is 8.10. The normalized spacial score (nSPS) is 19.4. The Morgan fingerprint density at radius 3 is 2.91 bits per heavy atom. The van der Waals surface area contributed by atoms with Gasteiger partial charge in [-0.15, -0.1) is 0 Å². The molecule has 0 bridgehead atoms. The van der Waals surface area contributed by atoms with Crippen LogP contribution in [0.25, 0.3) is 0 Å². The quantitative estimate of drug-likeness (QED) is 0.501. The van der Waals surface area contributed by atoms with Gasteiger partial charge in [0, 0.05) is 30.2 Å². The Bertz CT molecular complexity index is 236. The summed E-state index contributed by atoms with van der Waals surface area (Å²) in [5, 5.41) is 10.0. The van der Waals surface area contributed by atoms with Crippen LogP contribution in [0.3, 0.4) is 0 Å². The Morgan fingerprint density at radius 2 is 2.45 bits per heavy atom. The highest BCUT2D eigenvalue weighted by atomic mass is 14.9. The molecule has 3 nitrogen and oxygen atoms in total. The van der Waals surface area contributed by atoms with E-state index in [0.29, 0.717) is 6.54 Å². The van der Waals surface area contributed by atoms with Crippen molar-refractivity contribution in [2.75, 3.05) is 6.54 Å². The van der Waals surface area contributed by atoms with Crippen molar-refractivity contribution in [1.82, 2.24) is 5.32 Å². The van der Waals surface area contributed by atoms with E-state index in [9.17, 15) is 0 Å². The van der Waals surface area contributed by atoms with Gasteiger partial charge < -0.3 is 16.5 Å². The smallest absolute Gasteiger partial charge is 0.0440 e. The van der Waals surface area contributed by atoms with Crippen LogP contribution in [0.1, 0.15) is 0 Å². The van der Waals surface area contributed by atoms with Crippen LogP contribution in [0, 0.1) is 5.41 Å². The molecule has 0 aromatic carbocycles. The molecule has 1 aliphatic rings. The molecule has 0 atom stereocenters. The molecular formula is C8H11N3. The number of nitrogens with two attached hydrogens (primary N) is 1. The molecule has 0 saturated carbocycles. The number of rotatable bonds is 2. The van der Waals surface area contributed by atoms with Gasteiger partial charge in [-0.2, -0.15) is 0 Å². The van der Waals surface area contributed by atoms with Gasteiger partial charge in [0.25, 0.3) is 0 Å². The molecule has 1 heterocycles. The molecule has 0 unspecified atom stereocenters. The maximum atomic E-state index is 7.04. The SMILES string of the molecule is N=C/C(CN)=C1/C=CC=CN1. The van der Waals surface area contributed by atoms with Crippen molar-refractivity contribution in [3.8, 4) is 0 Å². The summed E-state index contributed by atoms with van der Waals surface area (Å²) >= 11 is 0. The first-order valence-electron chi connectivity index (χ1n) is 3.42. The topological polar surface area (TPSA) is 61.9 Å². The van der Waals surface area contributed by atoms with Crippen LogP contribution in [0.15, 0.2) is 35.7 Å². The Kier molecular flexibility index (Phi) is 2.63. The predicted molar refractivity (Wildman–Crippen MR) is 46.3 cm³/mol. The van der Waals surface area contributed by atoms with Crippen molar-refractivity contribution in [2.24, 2.45) is 5.73 Å². The van der Waals surface area contributed by atoms with Crippen LogP contribution in [0.2, 0.25) is 0 Å². The number of hydrogen-bond acceptors (Lipinski definition) is 3. The summed E-state index contributed by atoms with van der Waals surface area (Å²) in [5.41, 5.74) is 7.13. The lowest BCUT2D eigenvalue weighted by Crippen LogP contribution is -2.14. The lowest BCUT2D eigenvalue weighted by Gasteiger charge is -2.08. The minimum Gasteiger partial charge on any atom is -0.361 e. The summed E-state index contributed by atoms with van der Waals surface area (Å²) in [6.45, 7) is 0.393. The van der Waals surface area contributed by atoms with Crippen molar-refractivity contribution >= 4 is 6.21 Å². The fraction of sp³-hybridized carbons (Fsp3) is 0.125. The van der Waals surface area contributed by atoms with E-state index in [-0.39, 0.29) is 0 Å². The van der Waals surface area contributed by atoms with Gasteiger partial charge in [0.15, 0.2) is 0 Å². The summed E-state index contributed by atoms with van der Waals surface area (Å²) in [4.78, 5) is 0. The van der Waals surface area contributed by atoms with Crippen LogP contribution >= 0.6 is 0 Å². The standard InChI is InChI=1S/C8H11N3/c9-5-7(6-10)8-3-1-2-4-11-8/h1-5,9,11H,6,10H2/b8-7+,9-5?. The second-order valence-electron chi connectivity index (χ2n) is 2.15. The third-order valence-electron chi connectivity index (χ3n) is 1.45. The first-order chi connectivity index (χ1) is 5.38. The Balaban J connectivity index is 2.85. The molecule has 1 rings (SSSR count). The monoisotopic (exact) mass is 149 g/mol. The lowest BCUT2D eigenvalue weighted by molar-refractivity contribution is 1.05. The molecule has 0 amide bonds. The molecule has 0 saturated heterocycles. The Morgan fingerprint density at radius 1 is 1.64 bits per heavy atom. The minimum absolute atomic E-state index is 0.393. The van der Waals surface area contributed by atoms with Crippen molar-refractivity contribution in [3.05, 3.63) is 35.7 Å². The zero-order valence-corrected chi connectivity index (χ0v) is 6.17. The van der Waals surface area contributed by atoms with E-state index in [2.05, 4.69) is 5.32 Å². The molecule has 3 heteroatoms. The van der Waals surface area contributed by atoms with Crippen LogP contribution in [-0.4, -0.2) is 12.8 Å². The van der Waals surface area contributed by atoms with Crippen LogP contribution in [0.5, 0.6) is 0 Å². The first-order valence-corrected chi connectivity index (χ1v) is 3.42. The zero-order valence-electron chi connectivity index (χ0n) is 6.17. The fourth-order valence-electron chi connectivity index (χ4n) is 0.840. The molecule has 0 spiro atoms. The summed E-state index contributed by atoms with van der Waals surface area (Å²) < 4.78 is 0. The molecule has 0 aromatic rings. The highest BCUT2D eigenvalue weighted by Crippen LogP contribution is 2.02. The molecule has 0 aromatic heterocycles. The fourth-order valence-corrected chi connectivity index (χ4v) is 0.840.